The number of nitrogens with zero attached hydrogens (tertiary/aromatic N) is 2. The van der Waals surface area contributed by atoms with Crippen LogP contribution in [0.4, 0.5) is 0 Å². The molecule has 0 spiro atoms. The third kappa shape index (κ3) is 2.58. The number of hydrogen-bond donors (Lipinski definition) is 2. The third-order valence-electron chi connectivity index (χ3n) is 3.39. The van der Waals surface area contributed by atoms with Gasteiger partial charge in [0.15, 0.2) is 5.84 Å². The first-order chi connectivity index (χ1) is 9.06. The lowest BCUT2D eigenvalue weighted by atomic mass is 10.1. The SMILES string of the molecule is Cc1cccc(C(=O)N2CCCC2/C(N)=N/O)c1Br. The van der Waals surface area contributed by atoms with Crippen molar-refractivity contribution in [2.45, 2.75) is 25.8 Å². The number of benzene rings is 1. The summed E-state index contributed by atoms with van der Waals surface area (Å²) in [5, 5.41) is 11.8. The van der Waals surface area contributed by atoms with Gasteiger partial charge in [-0.1, -0.05) is 17.3 Å². The first-order valence-electron chi connectivity index (χ1n) is 6.09. The van der Waals surface area contributed by atoms with E-state index in [-0.39, 0.29) is 17.8 Å². The number of amidine groups is 1. The number of halogens is 1. The molecule has 0 aliphatic carbocycles. The number of carbonyl (C=O) groups excluding carboxylic acids is 1. The topological polar surface area (TPSA) is 78.9 Å². The molecule has 19 heavy (non-hydrogen) atoms. The molecule has 3 N–H and O–H groups in total. The fourth-order valence-electron chi connectivity index (χ4n) is 2.35. The van der Waals surface area contributed by atoms with E-state index >= 15 is 0 Å². The number of carbonyl (C=O) groups is 1. The molecule has 1 aliphatic heterocycles. The van der Waals surface area contributed by atoms with E-state index in [1.165, 1.54) is 0 Å². The van der Waals surface area contributed by atoms with E-state index in [1.54, 1.807) is 11.0 Å². The molecule has 1 unspecified atom stereocenters. The molecule has 1 atom stereocenters. The number of nitrogens with two attached hydrogens (primary N) is 1. The minimum atomic E-state index is -0.315. The average Bonchev–Trinajstić information content (AvgIpc) is 2.89. The molecule has 2 rings (SSSR count). The maximum Gasteiger partial charge on any atom is 0.255 e. The summed E-state index contributed by atoms with van der Waals surface area (Å²) in [6.07, 6.45) is 1.58. The number of amides is 1. The largest absolute Gasteiger partial charge is 0.409 e. The van der Waals surface area contributed by atoms with E-state index in [4.69, 9.17) is 10.9 Å². The van der Waals surface area contributed by atoms with Gasteiger partial charge in [0.1, 0.15) is 0 Å². The monoisotopic (exact) mass is 325 g/mol. The van der Waals surface area contributed by atoms with E-state index < -0.39 is 0 Å². The molecule has 0 aromatic heterocycles. The van der Waals surface area contributed by atoms with E-state index in [0.29, 0.717) is 12.1 Å². The highest BCUT2D eigenvalue weighted by Gasteiger charge is 2.33. The molecular weight excluding hydrogens is 310 g/mol. The molecule has 1 heterocycles. The summed E-state index contributed by atoms with van der Waals surface area (Å²) in [5.74, 6) is -0.000648. The van der Waals surface area contributed by atoms with Crippen LogP contribution in [0.25, 0.3) is 0 Å². The molecule has 0 radical (unpaired) electrons. The summed E-state index contributed by atoms with van der Waals surface area (Å²) in [5.41, 5.74) is 7.26. The highest BCUT2D eigenvalue weighted by atomic mass is 79.9. The van der Waals surface area contributed by atoms with Gasteiger partial charge in [-0.25, -0.2) is 0 Å². The normalized spacial score (nSPS) is 19.8. The van der Waals surface area contributed by atoms with Crippen molar-refractivity contribution in [2.24, 2.45) is 10.9 Å². The van der Waals surface area contributed by atoms with Gasteiger partial charge in [0.05, 0.1) is 11.6 Å². The number of hydrogen-bond acceptors (Lipinski definition) is 3. The Morgan fingerprint density at radius 2 is 2.32 bits per heavy atom. The van der Waals surface area contributed by atoms with E-state index in [9.17, 15) is 4.79 Å². The second kappa shape index (κ2) is 5.61. The van der Waals surface area contributed by atoms with Crippen molar-refractivity contribution in [3.63, 3.8) is 0 Å². The molecule has 1 fully saturated rings. The summed E-state index contributed by atoms with van der Waals surface area (Å²) in [4.78, 5) is 14.2. The minimum Gasteiger partial charge on any atom is -0.409 e. The van der Waals surface area contributed by atoms with Gasteiger partial charge < -0.3 is 15.8 Å². The Balaban J connectivity index is 2.31. The van der Waals surface area contributed by atoms with Crippen LogP contribution in [0.5, 0.6) is 0 Å². The fraction of sp³-hybridized carbons (Fsp3) is 0.385. The van der Waals surface area contributed by atoms with Crippen LogP contribution < -0.4 is 5.73 Å². The maximum absolute atomic E-state index is 12.6. The molecule has 1 saturated heterocycles. The molecule has 102 valence electrons. The van der Waals surface area contributed by atoms with Crippen LogP contribution in [0.15, 0.2) is 27.8 Å². The fourth-order valence-corrected chi connectivity index (χ4v) is 2.79. The van der Waals surface area contributed by atoms with Crippen LogP contribution in [-0.2, 0) is 0 Å². The van der Waals surface area contributed by atoms with E-state index in [1.807, 2.05) is 19.1 Å². The predicted octanol–water partition coefficient (Wildman–Crippen LogP) is 2.11. The molecule has 1 amide bonds. The van der Waals surface area contributed by atoms with Crippen LogP contribution in [0.2, 0.25) is 0 Å². The van der Waals surface area contributed by atoms with E-state index in [0.717, 1.165) is 22.9 Å². The van der Waals surface area contributed by atoms with Crippen molar-refractivity contribution in [1.82, 2.24) is 4.90 Å². The highest BCUT2D eigenvalue weighted by molar-refractivity contribution is 9.10. The van der Waals surface area contributed by atoms with Gasteiger partial charge in [-0.3, -0.25) is 4.79 Å². The average molecular weight is 326 g/mol. The second-order valence-corrected chi connectivity index (χ2v) is 5.41. The van der Waals surface area contributed by atoms with Gasteiger partial charge in [0.2, 0.25) is 0 Å². The molecule has 1 aromatic carbocycles. The van der Waals surface area contributed by atoms with Crippen LogP contribution in [-0.4, -0.2) is 34.4 Å². The van der Waals surface area contributed by atoms with E-state index in [2.05, 4.69) is 21.1 Å². The molecule has 6 heteroatoms. The Hall–Kier alpha value is -1.56. The molecule has 0 bridgehead atoms. The van der Waals surface area contributed by atoms with Crippen LogP contribution >= 0.6 is 15.9 Å². The molecule has 1 aromatic rings. The Kier molecular flexibility index (Phi) is 4.09. The maximum atomic E-state index is 12.6. The molecular formula is C13H16BrN3O2. The van der Waals surface area contributed by atoms with Gasteiger partial charge in [0, 0.05) is 11.0 Å². The van der Waals surface area contributed by atoms with Crippen molar-refractivity contribution in [1.29, 1.82) is 0 Å². The third-order valence-corrected chi connectivity index (χ3v) is 4.45. The Labute approximate surface area is 120 Å². The molecule has 0 saturated carbocycles. The summed E-state index contributed by atoms with van der Waals surface area (Å²) >= 11 is 3.44. The number of likely N-dealkylation sites (tertiary alicyclic amines) is 1. The molecule has 5 nitrogen and oxygen atoms in total. The van der Waals surface area contributed by atoms with Gasteiger partial charge >= 0.3 is 0 Å². The number of aryl methyl sites for hydroxylation is 1. The second-order valence-electron chi connectivity index (χ2n) is 4.62. The lowest BCUT2D eigenvalue weighted by Gasteiger charge is -2.24. The highest BCUT2D eigenvalue weighted by Crippen LogP contribution is 2.26. The van der Waals surface area contributed by atoms with Gasteiger partial charge in [0.25, 0.3) is 5.91 Å². The summed E-state index contributed by atoms with van der Waals surface area (Å²) < 4.78 is 0.796. The van der Waals surface area contributed by atoms with Gasteiger partial charge in [-0.05, 0) is 47.3 Å². The van der Waals surface area contributed by atoms with Crippen molar-refractivity contribution in [3.05, 3.63) is 33.8 Å². The lowest BCUT2D eigenvalue weighted by molar-refractivity contribution is 0.0767. The first-order valence-corrected chi connectivity index (χ1v) is 6.89. The quantitative estimate of drug-likeness (QED) is 0.378. The first kappa shape index (κ1) is 13.9. The zero-order chi connectivity index (χ0) is 14.0. The van der Waals surface area contributed by atoms with Crippen LogP contribution in [0.1, 0.15) is 28.8 Å². The number of oxime groups is 1. The van der Waals surface area contributed by atoms with Gasteiger partial charge in [-0.15, -0.1) is 0 Å². The Morgan fingerprint density at radius 3 is 3.00 bits per heavy atom. The van der Waals surface area contributed by atoms with Crippen LogP contribution in [0, 0.1) is 6.92 Å². The summed E-state index contributed by atoms with van der Waals surface area (Å²) in [6, 6.07) is 5.25. The van der Waals surface area contributed by atoms with Crippen molar-refractivity contribution in [2.75, 3.05) is 6.54 Å². The predicted molar refractivity (Wildman–Crippen MR) is 76.3 cm³/mol. The zero-order valence-electron chi connectivity index (χ0n) is 10.6. The smallest absolute Gasteiger partial charge is 0.255 e. The van der Waals surface area contributed by atoms with Crippen molar-refractivity contribution >= 4 is 27.7 Å². The Morgan fingerprint density at radius 1 is 1.58 bits per heavy atom. The van der Waals surface area contributed by atoms with Crippen molar-refractivity contribution < 1.29 is 10.0 Å². The van der Waals surface area contributed by atoms with Gasteiger partial charge in [-0.2, -0.15) is 0 Å². The standard InChI is InChI=1S/C13H16BrN3O2/c1-8-4-2-5-9(11(8)14)13(18)17-7-3-6-10(17)12(15)16-19/h2,4-5,10,19H,3,6-7H2,1H3,(H2,15,16). The lowest BCUT2D eigenvalue weighted by Crippen LogP contribution is -2.44. The number of rotatable bonds is 2. The summed E-state index contributed by atoms with van der Waals surface area (Å²) in [7, 11) is 0. The Bertz CT molecular complexity index is 531. The minimum absolute atomic E-state index is 0.0922. The summed E-state index contributed by atoms with van der Waals surface area (Å²) in [6.45, 7) is 2.56. The zero-order valence-corrected chi connectivity index (χ0v) is 12.2. The van der Waals surface area contributed by atoms with Crippen molar-refractivity contribution in [3.8, 4) is 0 Å². The van der Waals surface area contributed by atoms with Crippen LogP contribution in [0.3, 0.4) is 0 Å². The molecule has 1 aliphatic rings.